The molecule has 1 aliphatic heterocycles. The number of nitrogens with one attached hydrogen (secondary N) is 1. The van der Waals surface area contributed by atoms with Gasteiger partial charge < -0.3 is 14.2 Å². The third-order valence-corrected chi connectivity index (χ3v) is 3.66. The Bertz CT molecular complexity index is 764. The van der Waals surface area contributed by atoms with Gasteiger partial charge in [0, 0.05) is 37.6 Å². The zero-order chi connectivity index (χ0) is 19.3. The summed E-state index contributed by atoms with van der Waals surface area (Å²) in [6.45, 7) is 2.45. The Kier molecular flexibility index (Phi) is 6.72. The fraction of sp³-hybridized carbons (Fsp3) is 0.467. The van der Waals surface area contributed by atoms with E-state index in [2.05, 4.69) is 4.98 Å². The van der Waals surface area contributed by atoms with Crippen LogP contribution in [-0.2, 0) is 23.8 Å². The Morgan fingerprint density at radius 1 is 1.50 bits per heavy atom. The molecule has 1 fully saturated rings. The minimum atomic E-state index is -0.977. The second-order valence-corrected chi connectivity index (χ2v) is 5.73. The SMILES string of the molecule is CC(=O)OC[C@@H]1C[C@@H](OC(C)=O)[C@H](n2cc(C=CCl)c(NO)nc2=O)O1. The maximum absolute atomic E-state index is 12.3. The number of hydrogen-bond acceptors (Lipinski definition) is 9. The van der Waals surface area contributed by atoms with E-state index < -0.39 is 36.1 Å². The van der Waals surface area contributed by atoms with E-state index in [0.29, 0.717) is 5.56 Å². The van der Waals surface area contributed by atoms with Gasteiger partial charge in [0.15, 0.2) is 12.0 Å². The fourth-order valence-electron chi connectivity index (χ4n) is 2.54. The molecule has 11 heteroatoms. The van der Waals surface area contributed by atoms with Crippen LogP contribution in [0.3, 0.4) is 0 Å². The Labute approximate surface area is 153 Å². The van der Waals surface area contributed by atoms with Crippen molar-refractivity contribution < 1.29 is 29.0 Å². The van der Waals surface area contributed by atoms with Gasteiger partial charge in [-0.25, -0.2) is 4.79 Å². The van der Waals surface area contributed by atoms with Crippen LogP contribution < -0.4 is 11.2 Å². The summed E-state index contributed by atoms with van der Waals surface area (Å²) in [7, 11) is 0. The van der Waals surface area contributed by atoms with Gasteiger partial charge in [-0.1, -0.05) is 11.6 Å². The molecule has 0 radical (unpaired) electrons. The van der Waals surface area contributed by atoms with Crippen LogP contribution in [0, 0.1) is 0 Å². The smallest absolute Gasteiger partial charge is 0.351 e. The molecular formula is C15H18ClN3O7. The zero-order valence-electron chi connectivity index (χ0n) is 14.0. The van der Waals surface area contributed by atoms with Gasteiger partial charge in [0.2, 0.25) is 0 Å². The first-order chi connectivity index (χ1) is 12.3. The lowest BCUT2D eigenvalue weighted by Gasteiger charge is -2.21. The number of aromatic nitrogens is 2. The summed E-state index contributed by atoms with van der Waals surface area (Å²) in [4.78, 5) is 38.3. The van der Waals surface area contributed by atoms with Crippen LogP contribution >= 0.6 is 11.6 Å². The van der Waals surface area contributed by atoms with Gasteiger partial charge in [-0.15, -0.1) is 0 Å². The van der Waals surface area contributed by atoms with Crippen LogP contribution in [-0.4, -0.2) is 45.5 Å². The van der Waals surface area contributed by atoms with Crippen LogP contribution in [0.5, 0.6) is 0 Å². The number of hydrogen-bond donors (Lipinski definition) is 2. The fourth-order valence-corrected chi connectivity index (χ4v) is 2.68. The number of carbonyl (C=O) groups excluding carboxylic acids is 2. The van der Waals surface area contributed by atoms with E-state index in [1.807, 2.05) is 0 Å². The van der Waals surface area contributed by atoms with Crippen LogP contribution in [0.4, 0.5) is 5.82 Å². The van der Waals surface area contributed by atoms with Crippen molar-refractivity contribution >= 4 is 35.4 Å². The Morgan fingerprint density at radius 3 is 2.81 bits per heavy atom. The summed E-state index contributed by atoms with van der Waals surface area (Å²) in [5.74, 6) is -1.12. The third kappa shape index (κ3) is 4.81. The molecule has 0 saturated carbocycles. The molecule has 1 saturated heterocycles. The van der Waals surface area contributed by atoms with E-state index >= 15 is 0 Å². The van der Waals surface area contributed by atoms with Gasteiger partial charge >= 0.3 is 17.6 Å². The van der Waals surface area contributed by atoms with Crippen molar-refractivity contribution in [1.82, 2.24) is 9.55 Å². The van der Waals surface area contributed by atoms with Crippen LogP contribution in [0.1, 0.15) is 32.1 Å². The molecule has 0 amide bonds. The molecular weight excluding hydrogens is 370 g/mol. The zero-order valence-corrected chi connectivity index (χ0v) is 14.8. The first-order valence-electron chi connectivity index (χ1n) is 7.61. The summed E-state index contributed by atoms with van der Waals surface area (Å²) in [6, 6.07) is 0. The second-order valence-electron chi connectivity index (χ2n) is 5.47. The molecule has 142 valence electrons. The van der Waals surface area contributed by atoms with Crippen LogP contribution in [0.25, 0.3) is 6.08 Å². The molecule has 2 rings (SSSR count). The van der Waals surface area contributed by atoms with Crippen molar-refractivity contribution in [1.29, 1.82) is 0 Å². The second kappa shape index (κ2) is 8.79. The number of anilines is 1. The Hall–Kier alpha value is -2.43. The summed E-state index contributed by atoms with van der Waals surface area (Å²) < 4.78 is 17.0. The number of ether oxygens (including phenoxy) is 3. The van der Waals surface area contributed by atoms with Crippen LogP contribution in [0.15, 0.2) is 16.5 Å². The summed E-state index contributed by atoms with van der Waals surface area (Å²) >= 11 is 5.55. The van der Waals surface area contributed by atoms with E-state index in [4.69, 9.17) is 31.0 Å². The van der Waals surface area contributed by atoms with Gasteiger partial charge in [0.05, 0.1) is 6.10 Å². The van der Waals surface area contributed by atoms with Crippen molar-refractivity contribution in [2.24, 2.45) is 0 Å². The van der Waals surface area contributed by atoms with E-state index in [0.717, 1.165) is 4.57 Å². The summed E-state index contributed by atoms with van der Waals surface area (Å²) in [6.07, 6.45) is 0.646. The van der Waals surface area contributed by atoms with Gasteiger partial charge in [0.25, 0.3) is 0 Å². The van der Waals surface area contributed by atoms with Gasteiger partial charge in [-0.2, -0.15) is 4.98 Å². The number of carbonyl (C=O) groups is 2. The first kappa shape index (κ1) is 19.9. The maximum Gasteiger partial charge on any atom is 0.351 e. The van der Waals surface area contributed by atoms with Crippen molar-refractivity contribution in [3.63, 3.8) is 0 Å². The lowest BCUT2D eigenvalue weighted by atomic mass is 10.2. The minimum Gasteiger partial charge on any atom is -0.463 e. The quantitative estimate of drug-likeness (QED) is 0.543. The molecule has 1 aromatic heterocycles. The Morgan fingerprint density at radius 2 is 2.23 bits per heavy atom. The first-order valence-corrected chi connectivity index (χ1v) is 8.05. The number of esters is 2. The monoisotopic (exact) mass is 387 g/mol. The molecule has 2 N–H and O–H groups in total. The largest absolute Gasteiger partial charge is 0.463 e. The molecule has 3 atom stereocenters. The lowest BCUT2D eigenvalue weighted by molar-refractivity contribution is -0.153. The van der Waals surface area contributed by atoms with Gasteiger partial charge in [-0.3, -0.25) is 24.8 Å². The topological polar surface area (TPSA) is 129 Å². The average molecular weight is 388 g/mol. The predicted octanol–water partition coefficient (Wildman–Crippen LogP) is 1.04. The summed E-state index contributed by atoms with van der Waals surface area (Å²) in [5.41, 5.74) is 2.54. The van der Waals surface area contributed by atoms with E-state index in [1.165, 1.54) is 31.7 Å². The highest BCUT2D eigenvalue weighted by Crippen LogP contribution is 2.31. The molecule has 26 heavy (non-hydrogen) atoms. The predicted molar refractivity (Wildman–Crippen MR) is 89.5 cm³/mol. The van der Waals surface area contributed by atoms with Crippen molar-refractivity contribution in [3.8, 4) is 0 Å². The highest BCUT2D eigenvalue weighted by atomic mass is 35.5. The number of halogens is 1. The Balaban J connectivity index is 2.35. The molecule has 0 spiro atoms. The van der Waals surface area contributed by atoms with E-state index in [9.17, 15) is 14.4 Å². The molecule has 0 aliphatic carbocycles. The maximum atomic E-state index is 12.3. The molecule has 0 aromatic carbocycles. The molecule has 2 heterocycles. The van der Waals surface area contributed by atoms with E-state index in [1.54, 1.807) is 5.48 Å². The van der Waals surface area contributed by atoms with Crippen molar-refractivity contribution in [3.05, 3.63) is 27.8 Å². The highest BCUT2D eigenvalue weighted by molar-refractivity contribution is 6.27. The summed E-state index contributed by atoms with van der Waals surface area (Å²) in [5, 5.41) is 9.07. The number of nitrogens with zero attached hydrogens (tertiary/aromatic N) is 2. The highest BCUT2D eigenvalue weighted by Gasteiger charge is 2.40. The molecule has 10 nitrogen and oxygen atoms in total. The number of rotatable bonds is 6. The lowest BCUT2D eigenvalue weighted by Crippen LogP contribution is -2.34. The van der Waals surface area contributed by atoms with Crippen molar-refractivity contribution in [2.45, 2.75) is 38.7 Å². The molecule has 1 aliphatic rings. The molecule has 1 aromatic rings. The normalized spacial score (nSPS) is 22.4. The van der Waals surface area contributed by atoms with Gasteiger partial charge in [0.1, 0.15) is 12.7 Å². The molecule has 0 unspecified atom stereocenters. The van der Waals surface area contributed by atoms with Crippen LogP contribution in [0.2, 0.25) is 0 Å². The minimum absolute atomic E-state index is 0.0451. The average Bonchev–Trinajstić information content (AvgIpc) is 2.96. The van der Waals surface area contributed by atoms with Crippen molar-refractivity contribution in [2.75, 3.05) is 12.1 Å². The molecule has 0 bridgehead atoms. The third-order valence-electron chi connectivity index (χ3n) is 3.54. The van der Waals surface area contributed by atoms with E-state index in [-0.39, 0.29) is 18.8 Å². The standard InChI is InChI=1S/C15H18ClN3O7/c1-8(20)24-7-11-5-12(25-9(2)21)14(26-11)19-6-10(3-4-16)13(18-23)17-15(19)22/h3-4,6,11-12,14,23H,5,7H2,1-2H3,(H,17,18,22)/t11-,12+,14+/m0/s1. The van der Waals surface area contributed by atoms with Gasteiger partial charge in [-0.05, 0) is 6.08 Å².